The molecule has 16 heavy (non-hydrogen) atoms. The highest BCUT2D eigenvalue weighted by Gasteiger charge is 2.39. The van der Waals surface area contributed by atoms with Crippen molar-refractivity contribution in [1.29, 1.82) is 0 Å². The summed E-state index contributed by atoms with van der Waals surface area (Å²) in [6.07, 6.45) is 9.06. The van der Waals surface area contributed by atoms with Crippen LogP contribution in [0, 0.1) is 0 Å². The zero-order valence-electron chi connectivity index (χ0n) is 10.8. The fourth-order valence-corrected chi connectivity index (χ4v) is 3.02. The average molecular weight is 225 g/mol. The van der Waals surface area contributed by atoms with Crippen LogP contribution >= 0.6 is 0 Å². The molecule has 0 saturated heterocycles. The standard InChI is InChI=1S/C13H27N3/c1-16(2)13(8-3-9-13)10-15-12-6-4-11(14)5-7-12/h11-12,15H,3-10,14H2,1-2H3. The van der Waals surface area contributed by atoms with Crippen molar-refractivity contribution in [1.82, 2.24) is 10.2 Å². The third-order valence-corrected chi connectivity index (χ3v) is 4.72. The average Bonchev–Trinajstić information content (AvgIpc) is 2.18. The second kappa shape index (κ2) is 5.03. The van der Waals surface area contributed by atoms with E-state index in [1.165, 1.54) is 51.5 Å². The zero-order chi connectivity index (χ0) is 11.6. The van der Waals surface area contributed by atoms with Gasteiger partial charge in [-0.2, -0.15) is 0 Å². The molecule has 0 amide bonds. The lowest BCUT2D eigenvalue weighted by molar-refractivity contribution is 0.0553. The third kappa shape index (κ3) is 2.58. The van der Waals surface area contributed by atoms with Crippen LogP contribution < -0.4 is 11.1 Å². The van der Waals surface area contributed by atoms with E-state index in [0.717, 1.165) is 6.04 Å². The van der Waals surface area contributed by atoms with Crippen LogP contribution in [0.25, 0.3) is 0 Å². The Morgan fingerprint density at radius 2 is 1.81 bits per heavy atom. The highest BCUT2D eigenvalue weighted by molar-refractivity contribution is 4.98. The first-order chi connectivity index (χ1) is 7.62. The molecule has 3 N–H and O–H groups in total. The second-order valence-corrected chi connectivity index (χ2v) is 5.96. The molecule has 0 aromatic rings. The van der Waals surface area contributed by atoms with E-state index in [1.54, 1.807) is 0 Å². The van der Waals surface area contributed by atoms with Crippen LogP contribution in [0.3, 0.4) is 0 Å². The summed E-state index contributed by atoms with van der Waals surface area (Å²) >= 11 is 0. The van der Waals surface area contributed by atoms with E-state index in [-0.39, 0.29) is 0 Å². The van der Waals surface area contributed by atoms with Crippen molar-refractivity contribution in [2.24, 2.45) is 5.73 Å². The minimum atomic E-state index is 0.458. The largest absolute Gasteiger partial charge is 0.328 e. The van der Waals surface area contributed by atoms with Gasteiger partial charge < -0.3 is 16.0 Å². The molecule has 94 valence electrons. The molecule has 3 nitrogen and oxygen atoms in total. The van der Waals surface area contributed by atoms with Crippen molar-refractivity contribution < 1.29 is 0 Å². The zero-order valence-corrected chi connectivity index (χ0v) is 10.8. The Morgan fingerprint density at radius 3 is 2.25 bits per heavy atom. The minimum Gasteiger partial charge on any atom is -0.328 e. The van der Waals surface area contributed by atoms with Gasteiger partial charge in [0.05, 0.1) is 0 Å². The molecule has 3 heteroatoms. The molecule has 0 spiro atoms. The Morgan fingerprint density at radius 1 is 1.19 bits per heavy atom. The van der Waals surface area contributed by atoms with Gasteiger partial charge in [0.25, 0.3) is 0 Å². The van der Waals surface area contributed by atoms with Crippen LogP contribution in [0.1, 0.15) is 44.9 Å². The lowest BCUT2D eigenvalue weighted by atomic mass is 9.75. The van der Waals surface area contributed by atoms with Gasteiger partial charge in [-0.05, 0) is 59.0 Å². The van der Waals surface area contributed by atoms with Crippen LogP contribution in [0.15, 0.2) is 0 Å². The second-order valence-electron chi connectivity index (χ2n) is 5.96. The predicted octanol–water partition coefficient (Wildman–Crippen LogP) is 1.33. The van der Waals surface area contributed by atoms with Gasteiger partial charge in [-0.3, -0.25) is 0 Å². The van der Waals surface area contributed by atoms with Gasteiger partial charge in [-0.1, -0.05) is 0 Å². The van der Waals surface area contributed by atoms with Crippen molar-refractivity contribution >= 4 is 0 Å². The van der Waals surface area contributed by atoms with Gasteiger partial charge in [-0.15, -0.1) is 0 Å². The van der Waals surface area contributed by atoms with Crippen molar-refractivity contribution in [2.45, 2.75) is 62.6 Å². The first-order valence-corrected chi connectivity index (χ1v) is 6.79. The maximum atomic E-state index is 5.93. The molecule has 2 fully saturated rings. The van der Waals surface area contributed by atoms with E-state index >= 15 is 0 Å². The molecular formula is C13H27N3. The fraction of sp³-hybridized carbons (Fsp3) is 1.00. The van der Waals surface area contributed by atoms with Crippen molar-refractivity contribution in [3.63, 3.8) is 0 Å². The quantitative estimate of drug-likeness (QED) is 0.758. The lowest BCUT2D eigenvalue weighted by Crippen LogP contribution is -2.58. The molecule has 0 bridgehead atoms. The summed E-state index contributed by atoms with van der Waals surface area (Å²) in [5.41, 5.74) is 6.39. The van der Waals surface area contributed by atoms with Gasteiger partial charge in [0.2, 0.25) is 0 Å². The molecule has 0 unspecified atom stereocenters. The number of nitrogens with two attached hydrogens (primary N) is 1. The molecule has 2 rings (SSSR count). The normalized spacial score (nSPS) is 33.8. The van der Waals surface area contributed by atoms with Crippen molar-refractivity contribution in [3.8, 4) is 0 Å². The predicted molar refractivity (Wildman–Crippen MR) is 68.5 cm³/mol. The van der Waals surface area contributed by atoms with Crippen LogP contribution in [-0.4, -0.2) is 43.2 Å². The summed E-state index contributed by atoms with van der Waals surface area (Å²) in [6, 6.07) is 1.18. The highest BCUT2D eigenvalue weighted by atomic mass is 15.2. The van der Waals surface area contributed by atoms with Crippen molar-refractivity contribution in [3.05, 3.63) is 0 Å². The van der Waals surface area contributed by atoms with Gasteiger partial charge >= 0.3 is 0 Å². The van der Waals surface area contributed by atoms with E-state index in [4.69, 9.17) is 5.73 Å². The minimum absolute atomic E-state index is 0.458. The summed E-state index contributed by atoms with van der Waals surface area (Å²) in [5.74, 6) is 0. The number of nitrogens with zero attached hydrogens (tertiary/aromatic N) is 1. The third-order valence-electron chi connectivity index (χ3n) is 4.72. The monoisotopic (exact) mass is 225 g/mol. The molecule has 0 atom stereocenters. The molecule has 2 aliphatic rings. The smallest absolute Gasteiger partial charge is 0.0328 e. The van der Waals surface area contributed by atoms with Gasteiger partial charge in [0.15, 0.2) is 0 Å². The summed E-state index contributed by atoms with van der Waals surface area (Å²) in [5, 5.41) is 3.77. The summed E-state index contributed by atoms with van der Waals surface area (Å²) in [6.45, 7) is 1.17. The lowest BCUT2D eigenvalue weighted by Gasteiger charge is -2.48. The highest BCUT2D eigenvalue weighted by Crippen LogP contribution is 2.35. The summed E-state index contributed by atoms with van der Waals surface area (Å²) in [7, 11) is 4.44. The number of likely N-dealkylation sites (N-methyl/N-ethyl adjacent to an activating group) is 1. The maximum absolute atomic E-state index is 5.93. The molecule has 0 heterocycles. The molecular weight excluding hydrogens is 198 g/mol. The van der Waals surface area contributed by atoms with E-state index in [9.17, 15) is 0 Å². The molecule has 0 aromatic carbocycles. The Labute approximate surface area is 99.8 Å². The Bertz CT molecular complexity index is 215. The van der Waals surface area contributed by atoms with Crippen LogP contribution in [0.5, 0.6) is 0 Å². The van der Waals surface area contributed by atoms with E-state index < -0.39 is 0 Å². The number of hydrogen-bond acceptors (Lipinski definition) is 3. The van der Waals surface area contributed by atoms with Crippen LogP contribution in [0.2, 0.25) is 0 Å². The van der Waals surface area contributed by atoms with E-state index in [2.05, 4.69) is 24.3 Å². The van der Waals surface area contributed by atoms with Gasteiger partial charge in [0, 0.05) is 24.2 Å². The molecule has 0 radical (unpaired) electrons. The van der Waals surface area contributed by atoms with Gasteiger partial charge in [0.1, 0.15) is 0 Å². The number of nitrogens with one attached hydrogen (secondary N) is 1. The van der Waals surface area contributed by atoms with E-state index in [0.29, 0.717) is 11.6 Å². The van der Waals surface area contributed by atoms with Crippen LogP contribution in [0.4, 0.5) is 0 Å². The first-order valence-electron chi connectivity index (χ1n) is 6.79. The molecule has 0 aromatic heterocycles. The summed E-state index contributed by atoms with van der Waals surface area (Å²) in [4.78, 5) is 2.41. The topological polar surface area (TPSA) is 41.3 Å². The van der Waals surface area contributed by atoms with Crippen LogP contribution in [-0.2, 0) is 0 Å². The van der Waals surface area contributed by atoms with Gasteiger partial charge in [-0.25, -0.2) is 0 Å². The fourth-order valence-electron chi connectivity index (χ4n) is 3.02. The first kappa shape index (κ1) is 12.3. The Hall–Kier alpha value is -0.120. The molecule has 2 saturated carbocycles. The Balaban J connectivity index is 1.74. The molecule has 2 aliphatic carbocycles. The number of rotatable bonds is 4. The summed E-state index contributed by atoms with van der Waals surface area (Å²) < 4.78 is 0. The van der Waals surface area contributed by atoms with Crippen molar-refractivity contribution in [2.75, 3.05) is 20.6 Å². The van der Waals surface area contributed by atoms with E-state index in [1.807, 2.05) is 0 Å². The maximum Gasteiger partial charge on any atom is 0.0328 e. The molecule has 0 aliphatic heterocycles. The Kier molecular flexibility index (Phi) is 3.88. The number of hydrogen-bond donors (Lipinski definition) is 2. The SMILES string of the molecule is CN(C)C1(CNC2CCC(N)CC2)CCC1.